The molecule has 1 fully saturated rings. The number of ether oxygens (including phenoxy) is 2. The number of carbonyl (C=O) groups is 2. The maximum Gasteiger partial charge on any atom is 0.303 e. The summed E-state index contributed by atoms with van der Waals surface area (Å²) in [6.45, 7) is 0.363. The highest BCUT2D eigenvalue weighted by Gasteiger charge is 2.32. The van der Waals surface area contributed by atoms with E-state index >= 15 is 0 Å². The number of aromatic nitrogens is 3. The van der Waals surface area contributed by atoms with Crippen molar-refractivity contribution < 1.29 is 29.3 Å². The number of benzene rings is 3. The van der Waals surface area contributed by atoms with Crippen LogP contribution < -0.4 is 5.32 Å². The number of thioether (sulfide) groups is 1. The molecule has 0 radical (unpaired) electrons. The first-order valence-electron chi connectivity index (χ1n) is 14.1. The maximum absolute atomic E-state index is 12.1. The van der Waals surface area contributed by atoms with Gasteiger partial charge in [-0.2, -0.15) is 5.10 Å². The molecule has 1 aliphatic rings. The van der Waals surface area contributed by atoms with Crippen molar-refractivity contribution in [3.63, 3.8) is 0 Å². The second kappa shape index (κ2) is 14.9. The fourth-order valence-corrected chi connectivity index (χ4v) is 5.64. The Labute approximate surface area is 253 Å². The summed E-state index contributed by atoms with van der Waals surface area (Å²) < 4.78 is 12.9. The molecule has 3 aromatic carbocycles. The molecule has 224 valence electrons. The number of carboxylic acid groups (broad SMARTS) is 1. The lowest BCUT2D eigenvalue weighted by Gasteiger charge is -2.36. The van der Waals surface area contributed by atoms with Gasteiger partial charge in [-0.3, -0.25) is 14.7 Å². The molecule has 0 saturated carbocycles. The molecule has 10 nitrogen and oxygen atoms in total. The SMILES string of the molecule is O=C(O)CCCC(=O)NCc1cccc(-c2ccc([C@H]3O[C@@H](CSc4ncn[nH]4)C[C@@H](c4ccc(CO)cc4)O3)cc2)c1. The van der Waals surface area contributed by atoms with E-state index in [9.17, 15) is 14.7 Å². The van der Waals surface area contributed by atoms with Crippen molar-refractivity contribution in [2.24, 2.45) is 0 Å². The van der Waals surface area contributed by atoms with Crippen LogP contribution in [0.5, 0.6) is 0 Å². The largest absolute Gasteiger partial charge is 0.481 e. The van der Waals surface area contributed by atoms with Crippen molar-refractivity contribution in [2.75, 3.05) is 5.75 Å². The second-order valence-electron chi connectivity index (χ2n) is 10.3. The molecule has 43 heavy (non-hydrogen) atoms. The molecule has 4 N–H and O–H groups in total. The molecule has 1 amide bonds. The number of carboxylic acids is 1. The zero-order valence-corrected chi connectivity index (χ0v) is 24.3. The normalized spacial score (nSPS) is 18.3. The van der Waals surface area contributed by atoms with E-state index in [0.29, 0.717) is 25.1 Å². The van der Waals surface area contributed by atoms with Gasteiger partial charge in [0.25, 0.3) is 0 Å². The highest BCUT2D eigenvalue weighted by molar-refractivity contribution is 7.99. The van der Waals surface area contributed by atoms with Crippen LogP contribution in [0.15, 0.2) is 84.3 Å². The monoisotopic (exact) mass is 602 g/mol. The number of amides is 1. The highest BCUT2D eigenvalue weighted by atomic mass is 32.2. The van der Waals surface area contributed by atoms with Crippen LogP contribution in [-0.2, 0) is 32.2 Å². The van der Waals surface area contributed by atoms with Crippen molar-refractivity contribution in [1.82, 2.24) is 20.5 Å². The molecule has 4 aromatic rings. The Balaban J connectivity index is 1.25. The third-order valence-corrected chi connectivity index (χ3v) is 8.15. The van der Waals surface area contributed by atoms with Crippen LogP contribution in [-0.4, -0.2) is 49.1 Å². The minimum absolute atomic E-state index is 0.00746. The maximum atomic E-state index is 12.1. The van der Waals surface area contributed by atoms with Crippen molar-refractivity contribution in [3.05, 3.63) is 101 Å². The first kappa shape index (κ1) is 30.4. The molecule has 1 aliphatic heterocycles. The molecular weight excluding hydrogens is 568 g/mol. The van der Waals surface area contributed by atoms with Crippen molar-refractivity contribution in [1.29, 1.82) is 0 Å². The molecule has 2 heterocycles. The molecule has 11 heteroatoms. The zero-order chi connectivity index (χ0) is 30.0. The third-order valence-electron chi connectivity index (χ3n) is 7.14. The van der Waals surface area contributed by atoms with Gasteiger partial charge in [-0.25, -0.2) is 4.98 Å². The first-order valence-corrected chi connectivity index (χ1v) is 15.1. The number of nitrogens with one attached hydrogen (secondary N) is 2. The molecule has 1 aromatic heterocycles. The molecule has 0 unspecified atom stereocenters. The van der Waals surface area contributed by atoms with Gasteiger partial charge in [-0.1, -0.05) is 78.5 Å². The zero-order valence-electron chi connectivity index (χ0n) is 23.5. The van der Waals surface area contributed by atoms with Crippen molar-refractivity contribution in [3.8, 4) is 11.1 Å². The molecule has 0 bridgehead atoms. The van der Waals surface area contributed by atoms with E-state index < -0.39 is 12.3 Å². The summed E-state index contributed by atoms with van der Waals surface area (Å²) in [5, 5.41) is 28.6. The van der Waals surface area contributed by atoms with Gasteiger partial charge in [0.1, 0.15) is 6.33 Å². The number of hydrogen-bond donors (Lipinski definition) is 4. The molecule has 0 spiro atoms. The summed E-state index contributed by atoms with van der Waals surface area (Å²) in [6.07, 6.45) is 1.82. The molecular formula is C32H34N4O6S. The minimum Gasteiger partial charge on any atom is -0.481 e. The smallest absolute Gasteiger partial charge is 0.303 e. The van der Waals surface area contributed by atoms with Gasteiger partial charge in [0.05, 0.1) is 18.8 Å². The van der Waals surface area contributed by atoms with E-state index in [1.807, 2.05) is 72.8 Å². The lowest BCUT2D eigenvalue weighted by Crippen LogP contribution is -2.31. The van der Waals surface area contributed by atoms with E-state index in [1.54, 1.807) is 11.8 Å². The predicted molar refractivity (Wildman–Crippen MR) is 161 cm³/mol. The third kappa shape index (κ3) is 8.74. The number of aliphatic hydroxyl groups excluding tert-OH is 1. The van der Waals surface area contributed by atoms with Gasteiger partial charge < -0.3 is 25.0 Å². The number of aromatic amines is 1. The summed E-state index contributed by atoms with van der Waals surface area (Å²) in [5.74, 6) is -0.381. The summed E-state index contributed by atoms with van der Waals surface area (Å²) in [7, 11) is 0. The Kier molecular flexibility index (Phi) is 10.6. The Morgan fingerprint density at radius 2 is 1.74 bits per heavy atom. The van der Waals surface area contributed by atoms with Crippen molar-refractivity contribution in [2.45, 2.75) is 62.5 Å². The first-order chi connectivity index (χ1) is 21.0. The lowest BCUT2D eigenvalue weighted by molar-refractivity contribution is -0.245. The van der Waals surface area contributed by atoms with Crippen molar-refractivity contribution >= 4 is 23.6 Å². The number of hydrogen-bond acceptors (Lipinski definition) is 8. The van der Waals surface area contributed by atoms with Gasteiger partial charge in [0.15, 0.2) is 11.4 Å². The summed E-state index contributed by atoms with van der Waals surface area (Å²) in [6, 6.07) is 23.8. The van der Waals surface area contributed by atoms with E-state index in [4.69, 9.17) is 14.6 Å². The summed E-state index contributed by atoms with van der Waals surface area (Å²) in [5.41, 5.74) is 5.76. The van der Waals surface area contributed by atoms with Crippen LogP contribution in [0.4, 0.5) is 0 Å². The Hall–Kier alpha value is -4.03. The average molecular weight is 603 g/mol. The number of rotatable bonds is 13. The van der Waals surface area contributed by atoms with Crippen LogP contribution in [0.2, 0.25) is 0 Å². The Morgan fingerprint density at radius 3 is 2.47 bits per heavy atom. The van der Waals surface area contributed by atoms with Gasteiger partial charge in [-0.05, 0) is 40.3 Å². The molecule has 5 rings (SSSR count). The van der Waals surface area contributed by atoms with Crippen LogP contribution in [0.1, 0.15) is 60.3 Å². The van der Waals surface area contributed by atoms with Crippen LogP contribution in [0.3, 0.4) is 0 Å². The fourth-order valence-electron chi connectivity index (χ4n) is 4.84. The minimum atomic E-state index is -0.900. The topological polar surface area (TPSA) is 147 Å². The number of H-pyrrole nitrogens is 1. The predicted octanol–water partition coefficient (Wildman–Crippen LogP) is 5.17. The van der Waals surface area contributed by atoms with E-state index in [-0.39, 0.29) is 37.6 Å². The lowest BCUT2D eigenvalue weighted by atomic mass is 9.99. The van der Waals surface area contributed by atoms with Gasteiger partial charge >= 0.3 is 5.97 Å². The summed E-state index contributed by atoms with van der Waals surface area (Å²) in [4.78, 5) is 26.9. The quantitative estimate of drug-likeness (QED) is 0.152. The Morgan fingerprint density at radius 1 is 0.953 bits per heavy atom. The van der Waals surface area contributed by atoms with Gasteiger partial charge in [0, 0.05) is 37.1 Å². The van der Waals surface area contributed by atoms with Crippen LogP contribution in [0.25, 0.3) is 11.1 Å². The average Bonchev–Trinajstić information content (AvgIpc) is 3.57. The van der Waals surface area contributed by atoms with Gasteiger partial charge in [-0.15, -0.1) is 0 Å². The standard InChI is InChI=1S/C32H34N4O6S/c37-18-21-7-9-24(10-8-21)28-16-27(19-43-32-34-20-35-36-32)41-31(42-28)25-13-11-23(12-14-25)26-4-1-3-22(15-26)17-33-29(38)5-2-6-30(39)40/h1,3-4,7-15,20,27-28,31,37H,2,5-6,16-19H2,(H,33,38)(H,39,40)(H,34,35,36)/t27-,28+,31+/m1/s1. The number of nitrogens with zero attached hydrogens (tertiary/aromatic N) is 2. The molecule has 1 saturated heterocycles. The second-order valence-corrected chi connectivity index (χ2v) is 11.3. The summed E-state index contributed by atoms with van der Waals surface area (Å²) >= 11 is 1.55. The highest BCUT2D eigenvalue weighted by Crippen LogP contribution is 2.39. The fraction of sp³-hybridized carbons (Fsp3) is 0.312. The van der Waals surface area contributed by atoms with E-state index in [0.717, 1.165) is 38.5 Å². The van der Waals surface area contributed by atoms with Crippen LogP contribution >= 0.6 is 11.8 Å². The number of aliphatic hydroxyl groups is 1. The number of carbonyl (C=O) groups excluding carboxylic acids is 1. The molecule has 3 atom stereocenters. The van der Waals surface area contributed by atoms with E-state index in [2.05, 4.69) is 20.5 Å². The van der Waals surface area contributed by atoms with E-state index in [1.165, 1.54) is 6.33 Å². The molecule has 0 aliphatic carbocycles. The van der Waals surface area contributed by atoms with Gasteiger partial charge in [0.2, 0.25) is 5.91 Å². The number of aliphatic carboxylic acids is 1. The van der Waals surface area contributed by atoms with Crippen LogP contribution in [0, 0.1) is 0 Å². The Bertz CT molecular complexity index is 1480.